The molecule has 5 nitrogen and oxygen atoms in total. The molecule has 20 heavy (non-hydrogen) atoms. The lowest BCUT2D eigenvalue weighted by Crippen LogP contribution is -2.42. The minimum atomic E-state index is -3.42. The van der Waals surface area contributed by atoms with E-state index in [4.69, 9.17) is 0 Å². The van der Waals surface area contributed by atoms with E-state index >= 15 is 0 Å². The van der Waals surface area contributed by atoms with Crippen LogP contribution >= 0.6 is 0 Å². The van der Waals surface area contributed by atoms with Gasteiger partial charge in [-0.05, 0) is 17.7 Å². The number of hydrogen-bond acceptors (Lipinski definition) is 4. The first-order valence-corrected chi connectivity index (χ1v) is 8.23. The molecule has 0 unspecified atom stereocenters. The van der Waals surface area contributed by atoms with Crippen molar-refractivity contribution < 1.29 is 8.42 Å². The van der Waals surface area contributed by atoms with Crippen molar-refractivity contribution in [1.29, 1.82) is 0 Å². The molecule has 1 aliphatic heterocycles. The first-order chi connectivity index (χ1) is 9.62. The Morgan fingerprint density at radius 3 is 2.50 bits per heavy atom. The number of nitrogens with one attached hydrogen (secondary N) is 2. The van der Waals surface area contributed by atoms with E-state index in [9.17, 15) is 8.42 Å². The molecule has 6 heteroatoms. The van der Waals surface area contributed by atoms with Gasteiger partial charge in [0, 0.05) is 39.3 Å². The maximum Gasteiger partial charge on any atom is 0.240 e. The number of nitrogens with zero attached hydrogens (tertiary/aromatic N) is 1. The van der Waals surface area contributed by atoms with Crippen molar-refractivity contribution in [1.82, 2.24) is 14.9 Å². The molecule has 1 fully saturated rings. The van der Waals surface area contributed by atoms with E-state index in [2.05, 4.69) is 21.5 Å². The van der Waals surface area contributed by atoms with Crippen molar-refractivity contribution in [3.05, 3.63) is 42.5 Å². The van der Waals surface area contributed by atoms with Crippen LogP contribution in [0.4, 0.5) is 0 Å². The molecule has 1 aromatic carbocycles. The predicted octanol–water partition coefficient (Wildman–Crippen LogP) is 0.556. The number of piperazine rings is 1. The van der Waals surface area contributed by atoms with Crippen LogP contribution in [-0.2, 0) is 16.6 Å². The third-order valence-corrected chi connectivity index (χ3v) is 4.71. The fourth-order valence-electron chi connectivity index (χ4n) is 2.15. The molecule has 0 radical (unpaired) electrons. The van der Waals surface area contributed by atoms with Gasteiger partial charge in [-0.25, -0.2) is 13.1 Å². The largest absolute Gasteiger partial charge is 0.314 e. The number of hydrogen-bond donors (Lipinski definition) is 2. The summed E-state index contributed by atoms with van der Waals surface area (Å²) in [5.74, 6) is 0. The predicted molar refractivity (Wildman–Crippen MR) is 80.0 cm³/mol. The number of sulfonamides is 1. The van der Waals surface area contributed by atoms with Crippen LogP contribution < -0.4 is 10.0 Å². The fourth-order valence-corrected chi connectivity index (χ4v) is 3.15. The lowest BCUT2D eigenvalue weighted by Gasteiger charge is -2.27. The SMILES string of the molecule is C=CCNS(=O)(=O)c1ccc(CN2CCNCC2)cc1. The normalized spacial score (nSPS) is 17.0. The topological polar surface area (TPSA) is 61.4 Å². The van der Waals surface area contributed by atoms with Gasteiger partial charge >= 0.3 is 0 Å². The maximum absolute atomic E-state index is 11.9. The average Bonchev–Trinajstić information content (AvgIpc) is 2.47. The molecule has 110 valence electrons. The van der Waals surface area contributed by atoms with Gasteiger partial charge in [-0.3, -0.25) is 4.90 Å². The standard InChI is InChI=1S/C14H21N3O2S/c1-2-7-16-20(18,19)14-5-3-13(4-6-14)12-17-10-8-15-9-11-17/h2-6,15-16H,1,7-12H2. The second-order valence-corrected chi connectivity index (χ2v) is 6.58. The molecule has 1 heterocycles. The lowest BCUT2D eigenvalue weighted by molar-refractivity contribution is 0.233. The molecule has 1 aromatic rings. The summed E-state index contributed by atoms with van der Waals surface area (Å²) in [6.07, 6.45) is 1.52. The van der Waals surface area contributed by atoms with Gasteiger partial charge < -0.3 is 5.32 Å². The Hall–Kier alpha value is -1.21. The van der Waals surface area contributed by atoms with Crippen molar-refractivity contribution in [2.45, 2.75) is 11.4 Å². The third-order valence-electron chi connectivity index (χ3n) is 3.27. The molecule has 2 N–H and O–H groups in total. The Morgan fingerprint density at radius 2 is 1.90 bits per heavy atom. The highest BCUT2D eigenvalue weighted by molar-refractivity contribution is 7.89. The summed E-state index contributed by atoms with van der Waals surface area (Å²) in [5, 5.41) is 3.31. The zero-order valence-electron chi connectivity index (χ0n) is 11.5. The van der Waals surface area contributed by atoms with E-state index in [1.807, 2.05) is 12.1 Å². The van der Waals surface area contributed by atoms with E-state index in [1.165, 1.54) is 6.08 Å². The number of benzene rings is 1. The van der Waals surface area contributed by atoms with Crippen molar-refractivity contribution in [3.8, 4) is 0 Å². The quantitative estimate of drug-likeness (QED) is 0.753. The molecular formula is C14H21N3O2S. The van der Waals surface area contributed by atoms with Crippen molar-refractivity contribution in [2.24, 2.45) is 0 Å². The molecule has 0 bridgehead atoms. The van der Waals surface area contributed by atoms with Crippen LogP contribution in [0.3, 0.4) is 0 Å². The highest BCUT2D eigenvalue weighted by Crippen LogP contribution is 2.12. The molecule has 0 saturated carbocycles. The van der Waals surface area contributed by atoms with Crippen molar-refractivity contribution in [3.63, 3.8) is 0 Å². The summed E-state index contributed by atoms with van der Waals surface area (Å²) < 4.78 is 26.3. The second kappa shape index (κ2) is 6.99. The Kier molecular flexibility index (Phi) is 5.31. The van der Waals surface area contributed by atoms with Crippen molar-refractivity contribution >= 4 is 10.0 Å². The Balaban J connectivity index is 2.00. The Morgan fingerprint density at radius 1 is 1.25 bits per heavy atom. The minimum absolute atomic E-state index is 0.241. The monoisotopic (exact) mass is 295 g/mol. The highest BCUT2D eigenvalue weighted by Gasteiger charge is 2.13. The fraction of sp³-hybridized carbons (Fsp3) is 0.429. The molecule has 0 aliphatic carbocycles. The molecule has 1 saturated heterocycles. The maximum atomic E-state index is 11.9. The Bertz CT molecular complexity index is 534. The first-order valence-electron chi connectivity index (χ1n) is 6.74. The molecule has 0 aromatic heterocycles. The van der Waals surface area contributed by atoms with E-state index in [-0.39, 0.29) is 6.54 Å². The smallest absolute Gasteiger partial charge is 0.240 e. The van der Waals surface area contributed by atoms with E-state index in [0.717, 1.165) is 38.3 Å². The van der Waals surface area contributed by atoms with Crippen LogP contribution in [0.5, 0.6) is 0 Å². The van der Waals surface area contributed by atoms with Crippen LogP contribution in [0.25, 0.3) is 0 Å². The third kappa shape index (κ3) is 4.14. The molecule has 0 spiro atoms. The van der Waals surface area contributed by atoms with E-state index in [1.54, 1.807) is 12.1 Å². The molecule has 2 rings (SSSR count). The average molecular weight is 295 g/mol. The summed E-state index contributed by atoms with van der Waals surface area (Å²) in [6, 6.07) is 7.07. The van der Waals surface area contributed by atoms with Crippen LogP contribution in [0, 0.1) is 0 Å². The molecule has 1 aliphatic rings. The summed E-state index contributed by atoms with van der Waals surface area (Å²) in [7, 11) is -3.42. The summed E-state index contributed by atoms with van der Waals surface area (Å²) >= 11 is 0. The van der Waals surface area contributed by atoms with Gasteiger partial charge in [-0.15, -0.1) is 6.58 Å². The minimum Gasteiger partial charge on any atom is -0.314 e. The van der Waals surface area contributed by atoms with E-state index < -0.39 is 10.0 Å². The Labute approximate surface area is 120 Å². The molecule has 0 amide bonds. The van der Waals surface area contributed by atoms with Gasteiger partial charge in [-0.2, -0.15) is 0 Å². The van der Waals surface area contributed by atoms with Crippen LogP contribution in [-0.4, -0.2) is 46.0 Å². The first kappa shape index (κ1) is 15.2. The summed E-state index contributed by atoms with van der Waals surface area (Å²) in [6.45, 7) is 8.68. The van der Waals surface area contributed by atoms with Gasteiger partial charge in [0.25, 0.3) is 0 Å². The highest BCUT2D eigenvalue weighted by atomic mass is 32.2. The second-order valence-electron chi connectivity index (χ2n) is 4.81. The summed E-state index contributed by atoms with van der Waals surface area (Å²) in [5.41, 5.74) is 1.13. The molecular weight excluding hydrogens is 274 g/mol. The van der Waals surface area contributed by atoms with Crippen molar-refractivity contribution in [2.75, 3.05) is 32.7 Å². The van der Waals surface area contributed by atoms with Gasteiger partial charge in [-0.1, -0.05) is 18.2 Å². The van der Waals surface area contributed by atoms with Crippen LogP contribution in [0.2, 0.25) is 0 Å². The van der Waals surface area contributed by atoms with Gasteiger partial charge in [0.05, 0.1) is 4.90 Å². The zero-order chi connectivity index (χ0) is 14.4. The van der Waals surface area contributed by atoms with Gasteiger partial charge in [0.15, 0.2) is 0 Å². The van der Waals surface area contributed by atoms with Crippen LogP contribution in [0.1, 0.15) is 5.56 Å². The lowest BCUT2D eigenvalue weighted by atomic mass is 10.2. The van der Waals surface area contributed by atoms with Gasteiger partial charge in [0.1, 0.15) is 0 Å². The van der Waals surface area contributed by atoms with E-state index in [0.29, 0.717) is 4.90 Å². The zero-order valence-corrected chi connectivity index (χ0v) is 12.3. The number of rotatable bonds is 6. The van der Waals surface area contributed by atoms with Gasteiger partial charge in [0.2, 0.25) is 10.0 Å². The summed E-state index contributed by atoms with van der Waals surface area (Å²) in [4.78, 5) is 2.65. The van der Waals surface area contributed by atoms with Crippen LogP contribution in [0.15, 0.2) is 41.8 Å². The molecule has 0 atom stereocenters.